The molecule has 2 heteroatoms. The molecule has 0 aromatic rings. The summed E-state index contributed by atoms with van der Waals surface area (Å²) in [6.07, 6.45) is 0. The van der Waals surface area contributed by atoms with Gasteiger partial charge < -0.3 is 0 Å². The monoisotopic (exact) mass is 272 g/mol. The van der Waals surface area contributed by atoms with Crippen molar-refractivity contribution in [1.29, 1.82) is 0 Å². The van der Waals surface area contributed by atoms with Gasteiger partial charge in [-0.15, -0.1) is 34.0 Å². The first-order chi connectivity index (χ1) is 0. The molecule has 0 unspecified atom stereocenters. The van der Waals surface area contributed by atoms with Crippen LogP contribution in [0.25, 0.3) is 0 Å². The van der Waals surface area contributed by atoms with Crippen molar-refractivity contribution in [2.75, 3.05) is 0 Å². The highest BCUT2D eigenvalue weighted by Gasteiger charge is -0.0712. The highest BCUT2D eigenvalue weighted by atomic mass is 79.9. The van der Waals surface area contributed by atoms with Crippen molar-refractivity contribution < 1.29 is 0 Å². The average molecular weight is 274 g/mol. The Balaban J connectivity index is 0. The van der Waals surface area contributed by atoms with Crippen molar-refractivity contribution in [3.05, 3.63) is 0 Å². The molecule has 72 valence electrons. The zero-order valence-electron chi connectivity index (χ0n) is 0.816. The first-order valence-electron chi connectivity index (χ1n) is 0. The molecule has 0 nitrogen and oxygen atoms in total. The molecular weight excluding hydrogens is 244 g/mol. The molecule has 0 aliphatic carbocycles. The Bertz CT molecular complexity index is 6.88. The van der Waals surface area contributed by atoms with Crippen molar-refractivity contribution in [2.24, 2.45) is 0 Å². The van der Waals surface area contributed by atoms with Crippen LogP contribution in [0.2, 0.25) is 0 Å². The van der Waals surface area contributed by atoms with Gasteiger partial charge in [0, 0.05) is 0 Å². The van der Waals surface area contributed by atoms with E-state index in [-0.39, 0.29) is 85.9 Å². The number of rotatable bonds is 0. The lowest BCUT2D eigenvalue weighted by Crippen LogP contribution is 0.143. The lowest BCUT2D eigenvalue weighted by molar-refractivity contribution is 2.50. The van der Waals surface area contributed by atoms with Gasteiger partial charge in [0.05, 0.1) is 0 Å². The van der Waals surface area contributed by atoms with E-state index in [9.17, 15) is 0 Å². The topological polar surface area (TPSA) is 0 Å². The molecule has 9 heavy (non-hydrogen) atoms. The van der Waals surface area contributed by atoms with Crippen LogP contribution in [-0.4, -0.2) is 0 Å². The minimum Gasteiger partial charge on any atom is -0.114 e. The fourth-order valence-corrected chi connectivity index (χ4v) is 0. The van der Waals surface area contributed by atoms with Gasteiger partial charge in [0.25, 0.3) is 0 Å². The molecule has 0 aliphatic rings. The van der Waals surface area contributed by atoms with Crippen molar-refractivity contribution in [3.63, 3.8) is 0 Å². The van der Waals surface area contributed by atoms with E-state index in [1.165, 1.54) is 0 Å². The second-order valence-corrected chi connectivity index (χ2v) is 0. The smallest absolute Gasteiger partial charge is 0.0776 e. The summed E-state index contributed by atoms with van der Waals surface area (Å²) in [5.74, 6) is 0. The summed E-state index contributed by atoms with van der Waals surface area (Å²) in [6.45, 7) is 0. The second kappa shape index (κ2) is 616. The van der Waals surface area contributed by atoms with Crippen LogP contribution in [0.4, 0.5) is 0 Å². The Kier molecular flexibility index (Phi) is 59400. The first-order valence-corrected chi connectivity index (χ1v) is 0. The quantitative estimate of drug-likeness (QED) is 0.538. The number of hydrogen-bond acceptors (Lipinski definition) is 0. The summed E-state index contributed by atoms with van der Waals surface area (Å²) in [5, 5.41) is 0. The van der Waals surface area contributed by atoms with Crippen molar-refractivity contribution >= 4 is 34.0 Å². The van der Waals surface area contributed by atoms with Crippen molar-refractivity contribution in [1.82, 2.24) is 0 Å². The fourth-order valence-electron chi connectivity index (χ4n) is 0. The van der Waals surface area contributed by atoms with Crippen molar-refractivity contribution in [2.45, 2.75) is 52.0 Å². The van der Waals surface area contributed by atoms with Gasteiger partial charge in [-0.1, -0.05) is 52.0 Å². The van der Waals surface area contributed by atoms with Gasteiger partial charge in [0.1, 0.15) is 0 Å². The van der Waals surface area contributed by atoms with Gasteiger partial charge in [-0.2, -0.15) is 0 Å². The minimum absolute atomic E-state index is 0. The normalized spacial score (nSPS) is 0. The summed E-state index contributed by atoms with van der Waals surface area (Å²) >= 11 is 0. The lowest BCUT2D eigenvalue weighted by Gasteiger charge is -0.115. The molecule has 0 fully saturated rings. The van der Waals surface area contributed by atoms with Crippen LogP contribution >= 0.6 is 34.0 Å². The molecule has 0 saturated carbocycles. The molecule has 0 spiro atoms. The largest absolute Gasteiger partial charge is 0.114 e. The molecule has 0 rings (SSSR count). The highest BCUT2D eigenvalue weighted by Crippen LogP contribution is 0.847. The number of hydrogen-bond donors (Lipinski definition) is 0. The molecule has 0 radical (unpaired) electrons. The van der Waals surface area contributed by atoms with Crippen molar-refractivity contribution in [3.8, 4) is 0 Å². The SMILES string of the molecule is Br.Br.C.C.C.C.C.C.C. The maximum absolute atomic E-state index is 0. The summed E-state index contributed by atoms with van der Waals surface area (Å²) in [6, 6.07) is 0. The van der Waals surface area contributed by atoms with Gasteiger partial charge in [-0.3, -0.25) is 0 Å². The van der Waals surface area contributed by atoms with Crippen LogP contribution in [-0.2, 0) is 0 Å². The Morgan fingerprint density at radius 1 is 0.222 bits per heavy atom. The highest BCUT2D eigenvalue weighted by molar-refractivity contribution is 8.93. The van der Waals surface area contributed by atoms with Gasteiger partial charge >= 0.3 is 0 Å². The van der Waals surface area contributed by atoms with E-state index in [1.807, 2.05) is 0 Å². The third-order valence-electron chi connectivity index (χ3n) is 0. The van der Waals surface area contributed by atoms with Gasteiger partial charge in [0.2, 0.25) is 0 Å². The summed E-state index contributed by atoms with van der Waals surface area (Å²) in [7, 11) is 0. The van der Waals surface area contributed by atoms with E-state index in [4.69, 9.17) is 0 Å². The minimum atomic E-state index is 0. The summed E-state index contributed by atoms with van der Waals surface area (Å²) < 4.78 is 0. The first kappa shape index (κ1) is 868. The van der Waals surface area contributed by atoms with Gasteiger partial charge in [-0.05, 0) is 0 Å². The summed E-state index contributed by atoms with van der Waals surface area (Å²) in [5.41, 5.74) is 0. The van der Waals surface area contributed by atoms with E-state index in [2.05, 4.69) is 0 Å². The molecule has 0 atom stereocenters. The zero-order valence-corrected chi connectivity index (χ0v) is 4.24. The standard InChI is InChI=1S/7CH4.2BrH/h7*1H4;2*1H. The van der Waals surface area contributed by atoms with Gasteiger partial charge in [0.15, 0.2) is 0 Å². The molecule has 0 saturated heterocycles. The molecule has 0 bridgehead atoms. The zero-order chi connectivity index (χ0) is 0. The summed E-state index contributed by atoms with van der Waals surface area (Å²) in [4.78, 5) is 0. The van der Waals surface area contributed by atoms with Crippen LogP contribution < -0.4 is 0 Å². The second-order valence-electron chi connectivity index (χ2n) is 0. The molecule has 0 aliphatic heterocycles. The van der Waals surface area contributed by atoms with Crippen LogP contribution in [0, 0.1) is 0 Å². The maximum Gasteiger partial charge on any atom is -0.0776 e. The predicted molar refractivity (Wildman–Crippen MR) is 67.8 cm³/mol. The van der Waals surface area contributed by atoms with E-state index in [0.29, 0.717) is 0 Å². The molecule has 0 N–H and O–H groups in total. The van der Waals surface area contributed by atoms with Crippen LogP contribution in [0.15, 0.2) is 0 Å². The molecular formula is C7H30Br2. The van der Waals surface area contributed by atoms with E-state index < -0.39 is 0 Å². The molecule has 0 amide bonds. The third-order valence-corrected chi connectivity index (χ3v) is 0. The Morgan fingerprint density at radius 3 is 0.222 bits per heavy atom. The van der Waals surface area contributed by atoms with Crippen LogP contribution in [0.5, 0.6) is 0 Å². The van der Waals surface area contributed by atoms with Gasteiger partial charge in [-0.25, -0.2) is 0 Å². The molecule has 0 aromatic carbocycles. The van der Waals surface area contributed by atoms with E-state index >= 15 is 0 Å². The lowest BCUT2D eigenvalue weighted by atomic mass is 12.0. The van der Waals surface area contributed by atoms with E-state index in [1.54, 1.807) is 0 Å². The Morgan fingerprint density at radius 2 is 0.222 bits per heavy atom. The van der Waals surface area contributed by atoms with Crippen LogP contribution in [0.1, 0.15) is 52.0 Å². The predicted octanol–water partition coefficient (Wildman–Crippen LogP) is 5.61. The number of halogens is 2. The molecule has 0 aromatic heterocycles. The fraction of sp³-hybridized carbons (Fsp3) is 1.00. The Hall–Kier alpha value is 0.960. The van der Waals surface area contributed by atoms with Crippen LogP contribution in [0.3, 0.4) is 0 Å². The third kappa shape index (κ3) is 471. The van der Waals surface area contributed by atoms with E-state index in [0.717, 1.165) is 0 Å². The molecule has 0 heterocycles. The Labute approximate surface area is 86.0 Å². The average Bonchev–Trinajstić information content (AvgIpc) is 0. The maximum atomic E-state index is 0.